The Balaban J connectivity index is 1.54. The number of likely N-dealkylation sites (tertiary alicyclic amines) is 1. The van der Waals surface area contributed by atoms with E-state index in [1.807, 2.05) is 18.2 Å². The minimum absolute atomic E-state index is 0.00652. The van der Waals surface area contributed by atoms with Crippen molar-refractivity contribution in [3.05, 3.63) is 65.7 Å². The lowest BCUT2D eigenvalue weighted by Gasteiger charge is -2.31. The molecule has 1 aliphatic heterocycles. The Kier molecular flexibility index (Phi) is 5.61. The maximum atomic E-state index is 12.6. The van der Waals surface area contributed by atoms with Gasteiger partial charge in [0.05, 0.1) is 5.69 Å². The van der Waals surface area contributed by atoms with Crippen LogP contribution in [-0.4, -0.2) is 29.7 Å². The number of amides is 1. The molecule has 4 nitrogen and oxygen atoms in total. The van der Waals surface area contributed by atoms with Crippen LogP contribution in [0.25, 0.3) is 0 Å². The Morgan fingerprint density at radius 2 is 1.64 bits per heavy atom. The molecule has 0 radical (unpaired) electrons. The molecule has 3 rings (SSSR count). The Bertz CT molecular complexity index is 735. The second kappa shape index (κ2) is 8.08. The largest absolute Gasteiger partial charge is 0.325 e. The quantitative estimate of drug-likeness (QED) is 0.846. The van der Waals surface area contributed by atoms with Crippen molar-refractivity contribution in [2.45, 2.75) is 26.3 Å². The molecule has 0 spiro atoms. The number of rotatable bonds is 5. The van der Waals surface area contributed by atoms with E-state index < -0.39 is 0 Å². The van der Waals surface area contributed by atoms with Gasteiger partial charge >= 0.3 is 0 Å². The highest BCUT2D eigenvalue weighted by atomic mass is 16.2. The maximum Gasteiger partial charge on any atom is 0.227 e. The number of carbonyl (C=O) groups is 2. The fourth-order valence-electron chi connectivity index (χ4n) is 3.33. The van der Waals surface area contributed by atoms with Crippen LogP contribution in [0, 0.1) is 5.92 Å². The van der Waals surface area contributed by atoms with Crippen molar-refractivity contribution < 1.29 is 9.59 Å². The van der Waals surface area contributed by atoms with Crippen molar-refractivity contribution in [3.63, 3.8) is 0 Å². The van der Waals surface area contributed by atoms with Crippen LogP contribution in [0.5, 0.6) is 0 Å². The van der Waals surface area contributed by atoms with Crippen molar-refractivity contribution in [3.8, 4) is 0 Å². The highest BCUT2D eigenvalue weighted by Crippen LogP contribution is 2.22. The average Bonchev–Trinajstić information content (AvgIpc) is 2.63. The molecule has 1 fully saturated rings. The maximum absolute atomic E-state index is 12.6. The fourth-order valence-corrected chi connectivity index (χ4v) is 3.33. The number of carbonyl (C=O) groups excluding carboxylic acids is 2. The first-order valence-corrected chi connectivity index (χ1v) is 8.80. The van der Waals surface area contributed by atoms with Gasteiger partial charge in [0.15, 0.2) is 5.78 Å². The van der Waals surface area contributed by atoms with E-state index in [9.17, 15) is 9.59 Å². The number of para-hydroxylation sites is 1. The predicted molar refractivity (Wildman–Crippen MR) is 99.5 cm³/mol. The lowest BCUT2D eigenvalue weighted by Crippen LogP contribution is -2.37. The molecule has 2 aromatic rings. The third kappa shape index (κ3) is 4.54. The molecule has 25 heavy (non-hydrogen) atoms. The van der Waals surface area contributed by atoms with Gasteiger partial charge in [0.1, 0.15) is 0 Å². The summed E-state index contributed by atoms with van der Waals surface area (Å²) in [5.41, 5.74) is 2.49. The molecule has 1 aliphatic rings. The smallest absolute Gasteiger partial charge is 0.227 e. The molecule has 0 bridgehead atoms. The summed E-state index contributed by atoms with van der Waals surface area (Å²) in [7, 11) is 0. The van der Waals surface area contributed by atoms with Crippen molar-refractivity contribution in [1.29, 1.82) is 0 Å². The van der Waals surface area contributed by atoms with Crippen LogP contribution < -0.4 is 5.32 Å². The average molecular weight is 336 g/mol. The monoisotopic (exact) mass is 336 g/mol. The lowest BCUT2D eigenvalue weighted by atomic mass is 9.95. The summed E-state index contributed by atoms with van der Waals surface area (Å²) in [5, 5.41) is 2.95. The Morgan fingerprint density at radius 3 is 2.32 bits per heavy atom. The summed E-state index contributed by atoms with van der Waals surface area (Å²) in [6, 6.07) is 17.6. The zero-order valence-electron chi connectivity index (χ0n) is 14.6. The second-order valence-electron chi connectivity index (χ2n) is 6.63. The molecular formula is C21H24N2O2. The molecule has 1 N–H and O–H groups in total. The summed E-state index contributed by atoms with van der Waals surface area (Å²) >= 11 is 0. The molecule has 0 aromatic heterocycles. The molecule has 0 aliphatic carbocycles. The highest BCUT2D eigenvalue weighted by Gasteiger charge is 2.25. The highest BCUT2D eigenvalue weighted by molar-refractivity contribution is 6.04. The number of hydrogen-bond acceptors (Lipinski definition) is 3. The third-order valence-electron chi connectivity index (χ3n) is 4.77. The number of ketones is 1. The van der Waals surface area contributed by atoms with Crippen LogP contribution in [0.2, 0.25) is 0 Å². The molecule has 130 valence electrons. The van der Waals surface area contributed by atoms with E-state index in [1.54, 1.807) is 12.1 Å². The topological polar surface area (TPSA) is 49.4 Å². The van der Waals surface area contributed by atoms with Crippen LogP contribution in [0.4, 0.5) is 5.69 Å². The van der Waals surface area contributed by atoms with Crippen LogP contribution in [-0.2, 0) is 11.3 Å². The van der Waals surface area contributed by atoms with Crippen molar-refractivity contribution in [1.82, 2.24) is 4.90 Å². The standard InChI is InChI=1S/C21H24N2O2/c1-16(24)19-9-5-6-10-20(19)22-21(25)18-11-13-23(14-12-18)15-17-7-3-2-4-8-17/h2-10,18H,11-15H2,1H3,(H,22,25). The van der Waals surface area contributed by atoms with Gasteiger partial charge in [0.25, 0.3) is 0 Å². The molecule has 0 saturated carbocycles. The Morgan fingerprint density at radius 1 is 1.00 bits per heavy atom. The van der Waals surface area contributed by atoms with Crippen molar-refractivity contribution >= 4 is 17.4 Å². The number of piperidine rings is 1. The second-order valence-corrected chi connectivity index (χ2v) is 6.63. The molecule has 1 heterocycles. The van der Waals surface area contributed by atoms with Crippen LogP contribution in [0.3, 0.4) is 0 Å². The normalized spacial score (nSPS) is 15.7. The zero-order chi connectivity index (χ0) is 17.6. The van der Waals surface area contributed by atoms with E-state index in [2.05, 4.69) is 34.5 Å². The molecule has 1 amide bonds. The van der Waals surface area contributed by atoms with Gasteiger partial charge in [-0.25, -0.2) is 0 Å². The van der Waals surface area contributed by atoms with E-state index in [-0.39, 0.29) is 17.6 Å². The van der Waals surface area contributed by atoms with Gasteiger partial charge in [-0.1, -0.05) is 42.5 Å². The molecule has 4 heteroatoms. The molecule has 0 unspecified atom stereocenters. The lowest BCUT2D eigenvalue weighted by molar-refractivity contribution is -0.121. The summed E-state index contributed by atoms with van der Waals surface area (Å²) in [6.07, 6.45) is 1.70. The minimum atomic E-state index is -0.0337. The van der Waals surface area contributed by atoms with E-state index in [1.165, 1.54) is 12.5 Å². The predicted octanol–water partition coefficient (Wildman–Crippen LogP) is 3.74. The van der Waals surface area contributed by atoms with Crippen LogP contribution in [0.1, 0.15) is 35.7 Å². The van der Waals surface area contributed by atoms with Gasteiger partial charge in [-0.05, 0) is 50.6 Å². The summed E-state index contributed by atoms with van der Waals surface area (Å²) in [5.74, 6) is -0.00585. The Hall–Kier alpha value is -2.46. The van der Waals surface area contributed by atoms with Crippen LogP contribution in [0.15, 0.2) is 54.6 Å². The first-order valence-electron chi connectivity index (χ1n) is 8.80. The summed E-state index contributed by atoms with van der Waals surface area (Å²) < 4.78 is 0. The number of benzene rings is 2. The zero-order valence-corrected chi connectivity index (χ0v) is 14.6. The summed E-state index contributed by atoms with van der Waals surface area (Å²) in [6.45, 7) is 4.29. The van der Waals surface area contributed by atoms with E-state index in [0.29, 0.717) is 11.3 Å². The third-order valence-corrected chi connectivity index (χ3v) is 4.77. The molecule has 2 aromatic carbocycles. The van der Waals surface area contributed by atoms with Crippen molar-refractivity contribution in [2.75, 3.05) is 18.4 Å². The number of nitrogens with zero attached hydrogens (tertiary/aromatic N) is 1. The molecule has 1 saturated heterocycles. The number of nitrogens with one attached hydrogen (secondary N) is 1. The fraction of sp³-hybridized carbons (Fsp3) is 0.333. The number of anilines is 1. The van der Waals surface area contributed by atoms with Gasteiger partial charge in [-0.15, -0.1) is 0 Å². The Labute approximate surface area is 148 Å². The van der Waals surface area contributed by atoms with Gasteiger partial charge in [-0.2, -0.15) is 0 Å². The molecular weight excluding hydrogens is 312 g/mol. The number of hydrogen-bond donors (Lipinski definition) is 1. The van der Waals surface area contributed by atoms with E-state index >= 15 is 0 Å². The first-order chi connectivity index (χ1) is 12.1. The SMILES string of the molecule is CC(=O)c1ccccc1NC(=O)C1CCN(Cc2ccccc2)CC1. The van der Waals surface area contributed by atoms with Gasteiger partial charge in [0.2, 0.25) is 5.91 Å². The van der Waals surface area contributed by atoms with Crippen LogP contribution >= 0.6 is 0 Å². The molecule has 0 atom stereocenters. The van der Waals surface area contributed by atoms with Gasteiger partial charge in [-0.3, -0.25) is 14.5 Å². The summed E-state index contributed by atoms with van der Waals surface area (Å²) in [4.78, 5) is 26.6. The minimum Gasteiger partial charge on any atom is -0.325 e. The van der Waals surface area contributed by atoms with Gasteiger partial charge < -0.3 is 5.32 Å². The van der Waals surface area contributed by atoms with E-state index in [0.717, 1.165) is 32.5 Å². The van der Waals surface area contributed by atoms with E-state index in [4.69, 9.17) is 0 Å². The first kappa shape index (κ1) is 17.4. The van der Waals surface area contributed by atoms with Gasteiger partial charge in [0, 0.05) is 18.0 Å². The number of Topliss-reactive ketones (excluding diaryl/α,β-unsaturated/α-hetero) is 1. The van der Waals surface area contributed by atoms with Crippen molar-refractivity contribution in [2.24, 2.45) is 5.92 Å².